The lowest BCUT2D eigenvalue weighted by molar-refractivity contribution is 0.103. The van der Waals surface area contributed by atoms with Gasteiger partial charge in [-0.2, -0.15) is 4.98 Å². The van der Waals surface area contributed by atoms with Crippen LogP contribution in [0.2, 0.25) is 0 Å². The van der Waals surface area contributed by atoms with Gasteiger partial charge < -0.3 is 19.2 Å². The van der Waals surface area contributed by atoms with Gasteiger partial charge in [0.05, 0.1) is 33.1 Å². The van der Waals surface area contributed by atoms with Crippen molar-refractivity contribution in [3.63, 3.8) is 0 Å². The molecule has 0 aliphatic rings. The van der Waals surface area contributed by atoms with Crippen molar-refractivity contribution in [1.29, 1.82) is 0 Å². The first-order chi connectivity index (χ1) is 11.6. The Morgan fingerprint density at radius 1 is 1.08 bits per heavy atom. The van der Waals surface area contributed by atoms with Gasteiger partial charge in [0.15, 0.2) is 11.4 Å². The number of carbonyl (C=O) groups is 1. The van der Waals surface area contributed by atoms with Crippen LogP contribution in [0.4, 0.5) is 0 Å². The number of ether oxygens (including phenoxy) is 3. The highest BCUT2D eigenvalue weighted by atomic mass is 16.5. The summed E-state index contributed by atoms with van der Waals surface area (Å²) in [6, 6.07) is 3.38. The number of rotatable bonds is 5. The summed E-state index contributed by atoms with van der Waals surface area (Å²) in [5.41, 5.74) is 2.68. The fraction of sp³-hybridized carbons (Fsp3) is 0.235. The Hall–Kier alpha value is -3.09. The van der Waals surface area contributed by atoms with Gasteiger partial charge in [-0.25, -0.2) is 4.98 Å². The first-order valence-electron chi connectivity index (χ1n) is 7.24. The Balaban J connectivity index is 2.09. The molecule has 0 atom stereocenters. The van der Waals surface area contributed by atoms with Crippen LogP contribution in [0.1, 0.15) is 21.5 Å². The predicted molar refractivity (Wildman–Crippen MR) is 88.2 cm³/mol. The van der Waals surface area contributed by atoms with Gasteiger partial charge in [0, 0.05) is 17.3 Å². The van der Waals surface area contributed by atoms with E-state index in [1.165, 1.54) is 13.3 Å². The standard InChI is InChI=1S/C17H17N3O4/c1-9-12(22-2)5-10(6-13(9)23-3)16(21)11-7-19-17-15(11)18-8-14(20-17)24-4/h5-8H,1-4H3,(H,19,20). The second kappa shape index (κ2) is 6.19. The summed E-state index contributed by atoms with van der Waals surface area (Å²) >= 11 is 0. The maximum absolute atomic E-state index is 12.9. The number of fused-ring (bicyclic) bond motifs is 1. The van der Waals surface area contributed by atoms with E-state index in [2.05, 4.69) is 15.0 Å². The lowest BCUT2D eigenvalue weighted by Crippen LogP contribution is -2.04. The van der Waals surface area contributed by atoms with Gasteiger partial charge in [-0.3, -0.25) is 4.79 Å². The van der Waals surface area contributed by atoms with Gasteiger partial charge in [-0.1, -0.05) is 0 Å². The van der Waals surface area contributed by atoms with Crippen molar-refractivity contribution < 1.29 is 19.0 Å². The number of hydrogen-bond acceptors (Lipinski definition) is 6. The van der Waals surface area contributed by atoms with Crippen molar-refractivity contribution in [2.75, 3.05) is 21.3 Å². The number of carbonyl (C=O) groups excluding carboxylic acids is 1. The second-order valence-corrected chi connectivity index (χ2v) is 5.15. The number of nitrogens with one attached hydrogen (secondary N) is 1. The topological polar surface area (TPSA) is 86.3 Å². The van der Waals surface area contributed by atoms with E-state index in [-0.39, 0.29) is 5.78 Å². The summed E-state index contributed by atoms with van der Waals surface area (Å²) in [7, 11) is 4.62. The van der Waals surface area contributed by atoms with Crippen molar-refractivity contribution in [1.82, 2.24) is 15.0 Å². The Bertz CT molecular complexity index is 892. The van der Waals surface area contributed by atoms with E-state index in [0.29, 0.717) is 39.7 Å². The molecule has 7 heteroatoms. The predicted octanol–water partition coefficient (Wildman–Crippen LogP) is 2.52. The van der Waals surface area contributed by atoms with E-state index in [9.17, 15) is 4.79 Å². The van der Waals surface area contributed by atoms with Crippen LogP contribution in [0.25, 0.3) is 11.2 Å². The monoisotopic (exact) mass is 327 g/mol. The molecule has 2 heterocycles. The van der Waals surface area contributed by atoms with Crippen molar-refractivity contribution >= 4 is 16.9 Å². The van der Waals surface area contributed by atoms with Gasteiger partial charge >= 0.3 is 0 Å². The Kier molecular flexibility index (Phi) is 4.07. The molecule has 3 aromatic rings. The number of hydrogen-bond donors (Lipinski definition) is 1. The molecule has 0 unspecified atom stereocenters. The molecule has 124 valence electrons. The van der Waals surface area contributed by atoms with Crippen molar-refractivity contribution in [2.24, 2.45) is 0 Å². The number of benzene rings is 1. The van der Waals surface area contributed by atoms with Crippen LogP contribution in [0.3, 0.4) is 0 Å². The molecule has 7 nitrogen and oxygen atoms in total. The molecule has 0 amide bonds. The molecule has 3 rings (SSSR count). The number of methoxy groups -OCH3 is 3. The average molecular weight is 327 g/mol. The maximum Gasteiger partial charge on any atom is 0.234 e. The van der Waals surface area contributed by atoms with Crippen LogP contribution in [-0.2, 0) is 0 Å². The molecular weight excluding hydrogens is 310 g/mol. The SMILES string of the molecule is COc1cnc2c(C(=O)c3cc(OC)c(C)c(OC)c3)c[nH]c2n1. The van der Waals surface area contributed by atoms with Crippen molar-refractivity contribution in [3.8, 4) is 17.4 Å². The van der Waals surface area contributed by atoms with E-state index >= 15 is 0 Å². The fourth-order valence-corrected chi connectivity index (χ4v) is 2.52. The number of aromatic nitrogens is 3. The molecule has 0 radical (unpaired) electrons. The highest BCUT2D eigenvalue weighted by Crippen LogP contribution is 2.31. The van der Waals surface area contributed by atoms with Crippen LogP contribution >= 0.6 is 0 Å². The fourth-order valence-electron chi connectivity index (χ4n) is 2.52. The quantitative estimate of drug-likeness (QED) is 0.725. The second-order valence-electron chi connectivity index (χ2n) is 5.15. The number of H-pyrrole nitrogens is 1. The van der Waals surface area contributed by atoms with Gasteiger partial charge in [-0.05, 0) is 19.1 Å². The number of ketones is 1. The first kappa shape index (κ1) is 15.8. The molecular formula is C17H17N3O4. The maximum atomic E-state index is 12.9. The van der Waals surface area contributed by atoms with Crippen LogP contribution in [0, 0.1) is 6.92 Å². The summed E-state index contributed by atoms with van der Waals surface area (Å²) < 4.78 is 15.7. The van der Waals surface area contributed by atoms with E-state index in [0.717, 1.165) is 5.56 Å². The van der Waals surface area contributed by atoms with Crippen LogP contribution < -0.4 is 14.2 Å². The molecule has 1 aromatic carbocycles. The van der Waals surface area contributed by atoms with Gasteiger partial charge in [0.1, 0.15) is 17.0 Å². The molecule has 0 spiro atoms. The van der Waals surface area contributed by atoms with E-state index in [1.807, 2.05) is 6.92 Å². The van der Waals surface area contributed by atoms with Crippen molar-refractivity contribution in [2.45, 2.75) is 6.92 Å². The smallest absolute Gasteiger partial charge is 0.234 e. The third kappa shape index (κ3) is 2.54. The molecule has 24 heavy (non-hydrogen) atoms. The zero-order valence-electron chi connectivity index (χ0n) is 13.8. The lowest BCUT2D eigenvalue weighted by atomic mass is 10.0. The molecule has 0 saturated carbocycles. The van der Waals surface area contributed by atoms with Gasteiger partial charge in [0.2, 0.25) is 5.88 Å². The van der Waals surface area contributed by atoms with E-state index < -0.39 is 0 Å². The Labute approximate surface area is 138 Å². The summed E-state index contributed by atoms with van der Waals surface area (Å²) in [6.07, 6.45) is 3.06. The minimum absolute atomic E-state index is 0.197. The summed E-state index contributed by atoms with van der Waals surface area (Å²) in [6.45, 7) is 1.87. The van der Waals surface area contributed by atoms with E-state index in [4.69, 9.17) is 14.2 Å². The molecule has 0 aliphatic heterocycles. The zero-order chi connectivity index (χ0) is 17.3. The molecule has 0 saturated heterocycles. The third-order valence-electron chi connectivity index (χ3n) is 3.83. The largest absolute Gasteiger partial charge is 0.496 e. The van der Waals surface area contributed by atoms with E-state index in [1.54, 1.807) is 32.5 Å². The minimum atomic E-state index is -0.197. The molecule has 0 fully saturated rings. The number of nitrogens with zero attached hydrogens (tertiary/aromatic N) is 2. The van der Waals surface area contributed by atoms with Gasteiger partial charge in [0.25, 0.3) is 0 Å². The average Bonchev–Trinajstić information content (AvgIpc) is 3.04. The van der Waals surface area contributed by atoms with Crippen LogP contribution in [0.15, 0.2) is 24.5 Å². The highest BCUT2D eigenvalue weighted by molar-refractivity contribution is 6.15. The highest BCUT2D eigenvalue weighted by Gasteiger charge is 2.19. The van der Waals surface area contributed by atoms with Crippen LogP contribution in [0.5, 0.6) is 17.4 Å². The minimum Gasteiger partial charge on any atom is -0.496 e. The van der Waals surface area contributed by atoms with Crippen LogP contribution in [-0.4, -0.2) is 42.1 Å². The molecule has 2 aromatic heterocycles. The zero-order valence-corrected chi connectivity index (χ0v) is 13.8. The third-order valence-corrected chi connectivity index (χ3v) is 3.83. The summed E-state index contributed by atoms with van der Waals surface area (Å²) in [4.78, 5) is 24.3. The normalized spacial score (nSPS) is 10.7. The molecule has 0 bridgehead atoms. The van der Waals surface area contributed by atoms with Crippen molar-refractivity contribution in [3.05, 3.63) is 41.2 Å². The first-order valence-corrected chi connectivity index (χ1v) is 7.24. The molecule has 1 N–H and O–H groups in total. The summed E-state index contributed by atoms with van der Waals surface area (Å²) in [5, 5.41) is 0. The summed E-state index contributed by atoms with van der Waals surface area (Å²) in [5.74, 6) is 1.36. The Morgan fingerprint density at radius 2 is 1.75 bits per heavy atom. The van der Waals surface area contributed by atoms with Gasteiger partial charge in [-0.15, -0.1) is 0 Å². The Morgan fingerprint density at radius 3 is 2.33 bits per heavy atom. The number of aromatic amines is 1. The lowest BCUT2D eigenvalue weighted by Gasteiger charge is -2.11. The molecule has 0 aliphatic carbocycles.